The van der Waals surface area contributed by atoms with Gasteiger partial charge in [-0.15, -0.1) is 0 Å². The minimum absolute atomic E-state index is 0.00795. The van der Waals surface area contributed by atoms with Crippen LogP contribution < -0.4 is 5.32 Å². The summed E-state index contributed by atoms with van der Waals surface area (Å²) in [5.74, 6) is -0.783. The lowest BCUT2D eigenvalue weighted by atomic mass is 10.1. The molecule has 2 rings (SSSR count). The number of para-hydroxylation sites is 1. The molecule has 0 aliphatic heterocycles. The zero-order valence-corrected chi connectivity index (χ0v) is 40.9. The Labute approximate surface area is 407 Å². The van der Waals surface area contributed by atoms with E-state index in [1.54, 1.807) is 18.2 Å². The van der Waals surface area contributed by atoms with Crippen LogP contribution in [0.4, 0.5) is 24.5 Å². The third kappa shape index (κ3) is 37.0. The molecule has 0 aliphatic rings. The Morgan fingerprint density at radius 1 is 0.435 bits per heavy atom. The van der Waals surface area contributed by atoms with Gasteiger partial charge in [-0.05, 0) is 36.8 Å². The number of anilines is 2. The SMILES string of the molecule is CCCCCCCCCCCC(=O)OCCOCCOCCOCCOCCOCCOCCOCCOCCOCCOCCOCCOC(=O)c1ccccc1Nc1cccc(C(F)(F)F)c1. The van der Waals surface area contributed by atoms with E-state index in [0.29, 0.717) is 151 Å². The fraction of sp³-hybridized carbons (Fsp3) is 0.720. The standard InChI is InChI=1S/C50H80F3NO15/c1-2-3-4-5-6-7-8-9-10-18-48(55)68-41-39-66-37-35-64-33-31-62-29-27-60-25-23-58-21-19-57-20-22-59-24-26-61-28-30-63-32-34-65-36-38-67-40-42-69-49(56)46-16-11-12-17-47(46)54-45-15-13-14-44(43-45)50(51,52)53/h11-17,43,54H,2-10,18-42H2,1H3. The van der Waals surface area contributed by atoms with Gasteiger partial charge in [-0.25, -0.2) is 4.79 Å². The molecule has 0 spiro atoms. The van der Waals surface area contributed by atoms with Crippen LogP contribution in [0.15, 0.2) is 48.5 Å². The Balaban J connectivity index is 1.21. The van der Waals surface area contributed by atoms with Crippen LogP contribution in [0, 0.1) is 0 Å². The maximum atomic E-state index is 13.1. The van der Waals surface area contributed by atoms with Crippen LogP contribution in [0.5, 0.6) is 0 Å². The maximum absolute atomic E-state index is 13.1. The Morgan fingerprint density at radius 3 is 1.20 bits per heavy atom. The van der Waals surface area contributed by atoms with Crippen LogP contribution in [0.3, 0.4) is 0 Å². The van der Waals surface area contributed by atoms with Crippen molar-refractivity contribution in [3.63, 3.8) is 0 Å². The van der Waals surface area contributed by atoms with E-state index in [1.807, 2.05) is 0 Å². The van der Waals surface area contributed by atoms with Gasteiger partial charge in [0.05, 0.1) is 162 Å². The van der Waals surface area contributed by atoms with E-state index >= 15 is 0 Å². The van der Waals surface area contributed by atoms with Gasteiger partial charge in [-0.3, -0.25) is 4.79 Å². The van der Waals surface area contributed by atoms with Crippen LogP contribution in [0.25, 0.3) is 0 Å². The number of hydrogen-bond donors (Lipinski definition) is 1. The summed E-state index contributed by atoms with van der Waals surface area (Å²) in [4.78, 5) is 24.4. The number of carbonyl (C=O) groups is 2. The summed E-state index contributed by atoms with van der Waals surface area (Å²) < 4.78 is 110. The molecule has 0 saturated carbocycles. The second kappa shape index (κ2) is 44.5. The summed E-state index contributed by atoms with van der Waals surface area (Å²) in [6.07, 6.45) is 6.99. The van der Waals surface area contributed by atoms with Gasteiger partial charge in [0.25, 0.3) is 0 Å². The molecular formula is C50H80F3NO15. The molecule has 2 aromatic rings. The average Bonchev–Trinajstić information content (AvgIpc) is 3.34. The molecule has 16 nitrogen and oxygen atoms in total. The van der Waals surface area contributed by atoms with Crippen LogP contribution in [0.1, 0.15) is 87.1 Å². The van der Waals surface area contributed by atoms with Gasteiger partial charge < -0.3 is 66.9 Å². The zero-order chi connectivity index (χ0) is 49.6. The van der Waals surface area contributed by atoms with Gasteiger partial charge in [0.15, 0.2) is 0 Å². The summed E-state index contributed by atoms with van der Waals surface area (Å²) in [7, 11) is 0. The highest BCUT2D eigenvalue weighted by Crippen LogP contribution is 2.32. The van der Waals surface area contributed by atoms with Crippen molar-refractivity contribution in [2.75, 3.05) is 164 Å². The van der Waals surface area contributed by atoms with E-state index in [-0.39, 0.29) is 37.0 Å². The molecule has 0 amide bonds. The summed E-state index contributed by atoms with van der Waals surface area (Å²) in [5.41, 5.74) is -0.105. The first kappa shape index (κ1) is 61.6. The van der Waals surface area contributed by atoms with Crippen molar-refractivity contribution < 1.29 is 84.3 Å². The quantitative estimate of drug-likeness (QED) is 0.0497. The van der Waals surface area contributed by atoms with Gasteiger partial charge in [-0.1, -0.05) is 76.5 Å². The lowest BCUT2D eigenvalue weighted by Crippen LogP contribution is -2.16. The summed E-state index contributed by atoms with van der Waals surface area (Å²) in [6.45, 7) is 11.6. The number of halogens is 3. The van der Waals surface area contributed by atoms with Gasteiger partial charge >= 0.3 is 18.1 Å². The van der Waals surface area contributed by atoms with Crippen LogP contribution in [-0.4, -0.2) is 171 Å². The number of rotatable bonds is 49. The molecule has 69 heavy (non-hydrogen) atoms. The van der Waals surface area contributed by atoms with Crippen molar-refractivity contribution in [3.8, 4) is 0 Å². The molecule has 0 aromatic heterocycles. The molecule has 0 radical (unpaired) electrons. The highest BCUT2D eigenvalue weighted by atomic mass is 19.4. The third-order valence-corrected chi connectivity index (χ3v) is 9.77. The fourth-order valence-electron chi connectivity index (χ4n) is 6.14. The number of esters is 2. The average molecular weight is 992 g/mol. The number of benzene rings is 2. The number of hydrogen-bond acceptors (Lipinski definition) is 16. The number of ether oxygens (including phenoxy) is 13. The van der Waals surface area contributed by atoms with E-state index in [1.165, 1.54) is 63.1 Å². The van der Waals surface area contributed by atoms with Crippen LogP contribution >= 0.6 is 0 Å². The molecule has 19 heteroatoms. The van der Waals surface area contributed by atoms with Crippen molar-refractivity contribution in [1.29, 1.82) is 0 Å². The molecule has 0 atom stereocenters. The summed E-state index contributed by atoms with van der Waals surface area (Å²) in [5, 5.41) is 2.86. The second-order valence-corrected chi connectivity index (χ2v) is 15.4. The third-order valence-electron chi connectivity index (χ3n) is 9.77. The monoisotopic (exact) mass is 992 g/mol. The van der Waals surface area contributed by atoms with Crippen molar-refractivity contribution >= 4 is 23.3 Å². The van der Waals surface area contributed by atoms with E-state index in [4.69, 9.17) is 61.6 Å². The molecule has 0 aliphatic carbocycles. The molecule has 0 unspecified atom stereocenters. The molecule has 0 heterocycles. The predicted octanol–water partition coefficient (Wildman–Crippen LogP) is 8.25. The van der Waals surface area contributed by atoms with Gasteiger partial charge in [0.1, 0.15) is 13.2 Å². The first-order chi connectivity index (χ1) is 33.8. The van der Waals surface area contributed by atoms with E-state index in [9.17, 15) is 22.8 Å². The van der Waals surface area contributed by atoms with E-state index in [0.717, 1.165) is 25.0 Å². The molecule has 0 saturated heterocycles. The zero-order valence-electron chi connectivity index (χ0n) is 40.9. The van der Waals surface area contributed by atoms with Crippen LogP contribution in [-0.2, 0) is 72.6 Å². The van der Waals surface area contributed by atoms with E-state index in [2.05, 4.69) is 12.2 Å². The largest absolute Gasteiger partial charge is 0.463 e. The highest BCUT2D eigenvalue weighted by Gasteiger charge is 2.30. The summed E-state index contributed by atoms with van der Waals surface area (Å²) >= 11 is 0. The molecular weight excluding hydrogens is 912 g/mol. The first-order valence-electron chi connectivity index (χ1n) is 24.5. The lowest BCUT2D eigenvalue weighted by Gasteiger charge is -2.13. The predicted molar refractivity (Wildman–Crippen MR) is 253 cm³/mol. The molecule has 0 fully saturated rings. The Morgan fingerprint density at radius 2 is 0.797 bits per heavy atom. The van der Waals surface area contributed by atoms with Crippen molar-refractivity contribution in [2.24, 2.45) is 0 Å². The number of carbonyl (C=O) groups excluding carboxylic acids is 2. The van der Waals surface area contributed by atoms with Crippen molar-refractivity contribution in [3.05, 3.63) is 59.7 Å². The molecule has 2 aromatic carbocycles. The number of unbranched alkanes of at least 4 members (excludes halogenated alkanes) is 8. The Kier molecular flexibility index (Phi) is 39.7. The van der Waals surface area contributed by atoms with Crippen molar-refractivity contribution in [2.45, 2.75) is 77.3 Å². The van der Waals surface area contributed by atoms with Gasteiger partial charge in [0, 0.05) is 12.1 Å². The van der Waals surface area contributed by atoms with Gasteiger partial charge in [-0.2, -0.15) is 13.2 Å². The maximum Gasteiger partial charge on any atom is 0.416 e. The topological polar surface area (TPSA) is 166 Å². The van der Waals surface area contributed by atoms with Crippen LogP contribution in [0.2, 0.25) is 0 Å². The number of alkyl halides is 3. The smallest absolute Gasteiger partial charge is 0.416 e. The number of nitrogens with one attached hydrogen (secondary N) is 1. The summed E-state index contributed by atoms with van der Waals surface area (Å²) in [6, 6.07) is 11.1. The first-order valence-corrected chi connectivity index (χ1v) is 24.5. The minimum atomic E-state index is -4.48. The highest BCUT2D eigenvalue weighted by molar-refractivity contribution is 5.96. The Bertz CT molecular complexity index is 1510. The fourth-order valence-corrected chi connectivity index (χ4v) is 6.14. The molecule has 396 valence electrons. The molecule has 1 N–H and O–H groups in total. The molecule has 0 bridgehead atoms. The second-order valence-electron chi connectivity index (χ2n) is 15.4. The Hall–Kier alpha value is -3.47. The lowest BCUT2D eigenvalue weighted by molar-refractivity contribution is -0.145. The normalized spacial score (nSPS) is 11.6. The van der Waals surface area contributed by atoms with Gasteiger partial charge in [0.2, 0.25) is 0 Å². The van der Waals surface area contributed by atoms with Crippen molar-refractivity contribution in [1.82, 2.24) is 0 Å². The minimum Gasteiger partial charge on any atom is -0.463 e. The van der Waals surface area contributed by atoms with E-state index < -0.39 is 17.7 Å².